The second-order valence-electron chi connectivity index (χ2n) is 6.99. The zero-order chi connectivity index (χ0) is 20.6. The number of para-hydroxylation sites is 2. The van der Waals surface area contributed by atoms with Gasteiger partial charge in [0.15, 0.2) is 0 Å². The van der Waals surface area contributed by atoms with Crippen LogP contribution in [0.2, 0.25) is 0 Å². The van der Waals surface area contributed by atoms with Gasteiger partial charge in [-0.3, -0.25) is 9.69 Å². The molecule has 154 valence electrons. The molecule has 0 spiro atoms. The van der Waals surface area contributed by atoms with Crippen molar-refractivity contribution in [1.82, 2.24) is 19.8 Å². The summed E-state index contributed by atoms with van der Waals surface area (Å²) < 4.78 is 7.40. The molecule has 1 amide bonds. The summed E-state index contributed by atoms with van der Waals surface area (Å²) in [6, 6.07) is 16.2. The highest BCUT2D eigenvalue weighted by Crippen LogP contribution is 2.24. The van der Waals surface area contributed by atoms with Crippen LogP contribution in [0.3, 0.4) is 0 Å². The predicted molar refractivity (Wildman–Crippen MR) is 116 cm³/mol. The topological polar surface area (TPSA) is 59.4 Å². The lowest BCUT2D eigenvalue weighted by atomic mass is 10.0. The van der Waals surface area contributed by atoms with Crippen LogP contribution in [-0.2, 0) is 11.3 Å². The average molecular weight is 395 g/mol. The normalized spacial score (nSPS) is 12.3. The number of rotatable bonds is 10. The zero-order valence-electron chi connectivity index (χ0n) is 17.5. The number of methoxy groups -OCH3 is 1. The Labute approximate surface area is 172 Å². The molecule has 6 nitrogen and oxygen atoms in total. The van der Waals surface area contributed by atoms with E-state index >= 15 is 0 Å². The number of aromatic nitrogens is 2. The van der Waals surface area contributed by atoms with Gasteiger partial charge in [0.1, 0.15) is 5.75 Å². The number of likely N-dealkylation sites (N-methyl/N-ethyl adjacent to an activating group) is 1. The summed E-state index contributed by atoms with van der Waals surface area (Å²) in [4.78, 5) is 19.3. The standard InChI is InChI=1S/C23H30N4O2/c1-4-26(5-2)22(18-9-8-10-19(15-18)29-3)16-24-23(28)13-14-27-17-25-20-11-6-7-12-21(20)27/h6-12,15,17,22H,4-5,13-14,16H2,1-3H3,(H,24,28). The fraction of sp³-hybridized carbons (Fsp3) is 0.391. The summed E-state index contributed by atoms with van der Waals surface area (Å²) in [6.07, 6.45) is 2.22. The van der Waals surface area contributed by atoms with Gasteiger partial charge in [-0.15, -0.1) is 0 Å². The van der Waals surface area contributed by atoms with E-state index in [1.165, 1.54) is 0 Å². The molecule has 0 saturated carbocycles. The molecule has 3 rings (SSSR count). The lowest BCUT2D eigenvalue weighted by Gasteiger charge is -2.30. The Hall–Kier alpha value is -2.86. The molecule has 0 radical (unpaired) electrons. The number of imidazole rings is 1. The maximum absolute atomic E-state index is 12.5. The largest absolute Gasteiger partial charge is 0.497 e. The van der Waals surface area contributed by atoms with Gasteiger partial charge >= 0.3 is 0 Å². The van der Waals surface area contributed by atoms with Gasteiger partial charge in [-0.25, -0.2) is 4.98 Å². The molecular weight excluding hydrogens is 364 g/mol. The van der Waals surface area contributed by atoms with Gasteiger partial charge in [-0.1, -0.05) is 38.1 Å². The minimum atomic E-state index is 0.0443. The van der Waals surface area contributed by atoms with E-state index < -0.39 is 0 Å². The molecule has 1 N–H and O–H groups in total. The van der Waals surface area contributed by atoms with Gasteiger partial charge in [-0.05, 0) is 42.9 Å². The summed E-state index contributed by atoms with van der Waals surface area (Å²) in [5, 5.41) is 3.12. The summed E-state index contributed by atoms with van der Waals surface area (Å²) in [6.45, 7) is 7.29. The van der Waals surface area contributed by atoms with Crippen molar-refractivity contribution in [2.75, 3.05) is 26.7 Å². The number of carbonyl (C=O) groups excluding carboxylic acids is 1. The SMILES string of the molecule is CCN(CC)C(CNC(=O)CCn1cnc2ccccc21)c1cccc(OC)c1. The van der Waals surface area contributed by atoms with Crippen molar-refractivity contribution in [3.05, 3.63) is 60.4 Å². The molecule has 29 heavy (non-hydrogen) atoms. The molecular formula is C23H30N4O2. The van der Waals surface area contributed by atoms with E-state index in [0.717, 1.165) is 35.4 Å². The molecule has 3 aromatic rings. The smallest absolute Gasteiger partial charge is 0.221 e. The van der Waals surface area contributed by atoms with Gasteiger partial charge in [0.2, 0.25) is 5.91 Å². The molecule has 1 heterocycles. The molecule has 2 aromatic carbocycles. The number of nitrogens with zero attached hydrogens (tertiary/aromatic N) is 3. The van der Waals surface area contributed by atoms with E-state index in [1.54, 1.807) is 13.4 Å². The molecule has 1 aromatic heterocycles. The number of ether oxygens (including phenoxy) is 1. The van der Waals surface area contributed by atoms with Gasteiger partial charge in [-0.2, -0.15) is 0 Å². The van der Waals surface area contributed by atoms with Crippen molar-refractivity contribution in [1.29, 1.82) is 0 Å². The van der Waals surface area contributed by atoms with E-state index in [0.29, 0.717) is 19.5 Å². The number of carbonyl (C=O) groups is 1. The van der Waals surface area contributed by atoms with Crippen LogP contribution in [0.5, 0.6) is 5.75 Å². The third-order valence-electron chi connectivity index (χ3n) is 5.33. The van der Waals surface area contributed by atoms with Crippen molar-refractivity contribution in [3.63, 3.8) is 0 Å². The van der Waals surface area contributed by atoms with Gasteiger partial charge in [0.05, 0.1) is 30.5 Å². The number of nitrogens with one attached hydrogen (secondary N) is 1. The van der Waals surface area contributed by atoms with Crippen LogP contribution in [0.1, 0.15) is 31.9 Å². The summed E-state index contributed by atoms with van der Waals surface area (Å²) in [7, 11) is 1.67. The van der Waals surface area contributed by atoms with E-state index in [9.17, 15) is 4.79 Å². The average Bonchev–Trinajstić information content (AvgIpc) is 3.18. The number of aryl methyl sites for hydroxylation is 1. The summed E-state index contributed by atoms with van der Waals surface area (Å²) in [5.74, 6) is 0.876. The number of fused-ring (bicyclic) bond motifs is 1. The Morgan fingerprint density at radius 2 is 1.97 bits per heavy atom. The third kappa shape index (κ3) is 5.15. The Morgan fingerprint density at radius 3 is 2.72 bits per heavy atom. The number of hydrogen-bond acceptors (Lipinski definition) is 4. The first-order valence-corrected chi connectivity index (χ1v) is 10.2. The van der Waals surface area contributed by atoms with Crippen LogP contribution in [0.4, 0.5) is 0 Å². The van der Waals surface area contributed by atoms with Crippen molar-refractivity contribution < 1.29 is 9.53 Å². The number of amides is 1. The second kappa shape index (κ2) is 10.1. The van der Waals surface area contributed by atoms with E-state index in [4.69, 9.17) is 4.74 Å². The van der Waals surface area contributed by atoms with Crippen LogP contribution in [0.25, 0.3) is 11.0 Å². The molecule has 1 atom stereocenters. The first-order chi connectivity index (χ1) is 14.2. The second-order valence-corrected chi connectivity index (χ2v) is 6.99. The van der Waals surface area contributed by atoms with Crippen molar-refractivity contribution in [2.24, 2.45) is 0 Å². The van der Waals surface area contributed by atoms with E-state index in [2.05, 4.69) is 35.1 Å². The van der Waals surface area contributed by atoms with Crippen LogP contribution < -0.4 is 10.1 Å². The van der Waals surface area contributed by atoms with Gasteiger partial charge in [0, 0.05) is 19.5 Å². The zero-order valence-corrected chi connectivity index (χ0v) is 17.5. The maximum Gasteiger partial charge on any atom is 0.221 e. The van der Waals surface area contributed by atoms with E-state index in [1.807, 2.05) is 47.0 Å². The fourth-order valence-corrected chi connectivity index (χ4v) is 3.68. The van der Waals surface area contributed by atoms with Crippen LogP contribution in [-0.4, -0.2) is 47.1 Å². The predicted octanol–water partition coefficient (Wildman–Crippen LogP) is 3.63. The number of hydrogen-bond donors (Lipinski definition) is 1. The van der Waals surface area contributed by atoms with Crippen molar-refractivity contribution in [3.8, 4) is 5.75 Å². The first kappa shape index (κ1) is 20.9. The quantitative estimate of drug-likeness (QED) is 0.570. The summed E-state index contributed by atoms with van der Waals surface area (Å²) >= 11 is 0. The monoisotopic (exact) mass is 394 g/mol. The Balaban J connectivity index is 1.63. The Morgan fingerprint density at radius 1 is 1.17 bits per heavy atom. The molecule has 0 bridgehead atoms. The van der Waals surface area contributed by atoms with E-state index in [-0.39, 0.29) is 11.9 Å². The van der Waals surface area contributed by atoms with Crippen LogP contribution in [0, 0.1) is 0 Å². The van der Waals surface area contributed by atoms with Gasteiger partial charge < -0.3 is 14.6 Å². The molecule has 0 aliphatic carbocycles. The molecule has 0 aliphatic heterocycles. The summed E-state index contributed by atoms with van der Waals surface area (Å²) in [5.41, 5.74) is 3.15. The van der Waals surface area contributed by atoms with Gasteiger partial charge in [0.25, 0.3) is 0 Å². The highest BCUT2D eigenvalue weighted by molar-refractivity contribution is 5.77. The lowest BCUT2D eigenvalue weighted by Crippen LogP contribution is -2.38. The molecule has 0 aliphatic rings. The Kier molecular flexibility index (Phi) is 7.25. The molecule has 0 fully saturated rings. The molecule has 0 saturated heterocycles. The first-order valence-electron chi connectivity index (χ1n) is 10.2. The molecule has 6 heteroatoms. The lowest BCUT2D eigenvalue weighted by molar-refractivity contribution is -0.121. The molecule has 1 unspecified atom stereocenters. The van der Waals surface area contributed by atoms with Crippen molar-refractivity contribution >= 4 is 16.9 Å². The minimum Gasteiger partial charge on any atom is -0.497 e. The highest BCUT2D eigenvalue weighted by Gasteiger charge is 2.19. The Bertz CT molecular complexity index is 933. The third-order valence-corrected chi connectivity index (χ3v) is 5.33. The minimum absolute atomic E-state index is 0.0443. The van der Waals surface area contributed by atoms with Crippen LogP contribution in [0.15, 0.2) is 54.9 Å². The highest BCUT2D eigenvalue weighted by atomic mass is 16.5. The van der Waals surface area contributed by atoms with Crippen LogP contribution >= 0.6 is 0 Å². The maximum atomic E-state index is 12.5. The van der Waals surface area contributed by atoms with Crippen molar-refractivity contribution in [2.45, 2.75) is 32.9 Å². The fourth-order valence-electron chi connectivity index (χ4n) is 3.68. The number of benzene rings is 2.